The average molecular weight is 627 g/mol. The molecule has 3 rings (SSSR count). The van der Waals surface area contributed by atoms with Gasteiger partial charge in [-0.1, -0.05) is 57.2 Å². The van der Waals surface area contributed by atoms with Gasteiger partial charge in [-0.05, 0) is 71.2 Å². The van der Waals surface area contributed by atoms with E-state index in [0.29, 0.717) is 13.2 Å². The third kappa shape index (κ3) is 10.9. The molecule has 0 bridgehead atoms. The van der Waals surface area contributed by atoms with Crippen LogP contribution in [0.15, 0.2) is 72.8 Å². The first-order valence-electron chi connectivity index (χ1n) is 15.0. The van der Waals surface area contributed by atoms with Crippen LogP contribution in [0.2, 0.25) is 18.1 Å². The van der Waals surface area contributed by atoms with Crippen LogP contribution in [-0.2, 0) is 38.5 Å². The topological polar surface area (TPSA) is 84.8 Å². The molecule has 1 N–H and O–H groups in total. The van der Waals surface area contributed by atoms with E-state index in [0.717, 1.165) is 33.9 Å². The summed E-state index contributed by atoms with van der Waals surface area (Å²) in [7, 11) is 2.78. The number of methoxy groups -OCH3 is 3. The van der Waals surface area contributed by atoms with Gasteiger partial charge >= 0.3 is 0 Å². The molecule has 8 nitrogen and oxygen atoms in total. The molecule has 0 aliphatic carbocycles. The summed E-state index contributed by atoms with van der Waals surface area (Å²) in [6, 6.07) is 23.1. The molecular weight excluding hydrogens is 576 g/mol. The van der Waals surface area contributed by atoms with E-state index in [9.17, 15) is 5.11 Å². The van der Waals surface area contributed by atoms with Crippen LogP contribution in [0.3, 0.4) is 0 Å². The molecule has 0 aliphatic rings. The van der Waals surface area contributed by atoms with Crippen LogP contribution >= 0.6 is 0 Å². The Morgan fingerprint density at radius 1 is 0.614 bits per heavy atom. The van der Waals surface area contributed by atoms with E-state index in [4.69, 9.17) is 32.8 Å². The highest BCUT2D eigenvalue weighted by Crippen LogP contribution is 2.37. The fourth-order valence-electron chi connectivity index (χ4n) is 4.16. The molecule has 0 heterocycles. The van der Waals surface area contributed by atoms with Gasteiger partial charge in [0.15, 0.2) is 8.32 Å². The number of hydrogen-bond acceptors (Lipinski definition) is 8. The van der Waals surface area contributed by atoms with Crippen LogP contribution in [0.5, 0.6) is 17.2 Å². The number of ether oxygens (including phenoxy) is 6. The van der Waals surface area contributed by atoms with Crippen molar-refractivity contribution < 1.29 is 38.0 Å². The number of hydrogen-bond donors (Lipinski definition) is 1. The molecule has 0 aromatic heterocycles. The minimum atomic E-state index is -2.13. The average Bonchev–Trinajstić information content (AvgIpc) is 3.02. The molecule has 3 aromatic carbocycles. The zero-order valence-corrected chi connectivity index (χ0v) is 28.5. The van der Waals surface area contributed by atoms with E-state index in [1.807, 2.05) is 72.8 Å². The molecule has 0 radical (unpaired) electrons. The second-order valence-electron chi connectivity index (χ2n) is 12.3. The molecule has 0 saturated carbocycles. The Bertz CT molecular complexity index is 1220. The number of benzene rings is 3. The summed E-state index contributed by atoms with van der Waals surface area (Å²) in [6.45, 7) is 12.3. The van der Waals surface area contributed by atoms with Crippen molar-refractivity contribution in [1.29, 1.82) is 0 Å². The highest BCUT2D eigenvalue weighted by atomic mass is 28.4. The standard InChI is InChI=1S/C35H50O8Si/c1-35(2,3)44(7,8)43-25-33(41-22-27-11-17-30(38-5)18-12-27)34(42-23-28-13-19-31(39-6)20-14-28)32(36)24-40-21-26-9-15-29(37-4)16-10-26/h9-20,32-34,36H,21-25H2,1-8H3/t32-,33+,34+/m0/s1. The van der Waals surface area contributed by atoms with Crippen molar-refractivity contribution >= 4 is 8.32 Å². The molecule has 3 aromatic rings. The van der Waals surface area contributed by atoms with Gasteiger partial charge in [-0.3, -0.25) is 0 Å². The van der Waals surface area contributed by atoms with Gasteiger partial charge in [0.25, 0.3) is 0 Å². The predicted molar refractivity (Wildman–Crippen MR) is 175 cm³/mol. The summed E-state index contributed by atoms with van der Waals surface area (Å²) in [5.41, 5.74) is 2.89. The van der Waals surface area contributed by atoms with Crippen molar-refractivity contribution in [2.45, 2.75) is 77.0 Å². The summed E-state index contributed by atoms with van der Waals surface area (Å²) < 4.78 is 41.4. The molecule has 0 amide bonds. The van der Waals surface area contributed by atoms with E-state index >= 15 is 0 Å². The second-order valence-corrected chi connectivity index (χ2v) is 17.1. The summed E-state index contributed by atoms with van der Waals surface area (Å²) in [4.78, 5) is 0. The van der Waals surface area contributed by atoms with Crippen molar-refractivity contribution in [2.24, 2.45) is 0 Å². The summed E-state index contributed by atoms with van der Waals surface area (Å²) in [6.07, 6.45) is -2.27. The van der Waals surface area contributed by atoms with Gasteiger partial charge in [-0.2, -0.15) is 0 Å². The van der Waals surface area contributed by atoms with Crippen LogP contribution in [0.4, 0.5) is 0 Å². The number of rotatable bonds is 18. The fourth-order valence-corrected chi connectivity index (χ4v) is 5.18. The lowest BCUT2D eigenvalue weighted by atomic mass is 10.1. The van der Waals surface area contributed by atoms with Crippen molar-refractivity contribution in [2.75, 3.05) is 34.5 Å². The summed E-state index contributed by atoms with van der Waals surface area (Å²) >= 11 is 0. The van der Waals surface area contributed by atoms with Crippen molar-refractivity contribution in [3.8, 4) is 17.2 Å². The molecule has 242 valence electrons. The Morgan fingerprint density at radius 3 is 1.43 bits per heavy atom. The molecule has 44 heavy (non-hydrogen) atoms. The minimum Gasteiger partial charge on any atom is -0.497 e. The molecule has 0 saturated heterocycles. The summed E-state index contributed by atoms with van der Waals surface area (Å²) in [5.74, 6) is 2.32. The van der Waals surface area contributed by atoms with Crippen molar-refractivity contribution in [3.05, 3.63) is 89.5 Å². The highest BCUT2D eigenvalue weighted by molar-refractivity contribution is 6.74. The molecule has 0 unspecified atom stereocenters. The minimum absolute atomic E-state index is 0.00702. The second kappa shape index (κ2) is 17.0. The van der Waals surface area contributed by atoms with E-state index < -0.39 is 26.6 Å². The van der Waals surface area contributed by atoms with Gasteiger partial charge in [0.2, 0.25) is 0 Å². The van der Waals surface area contributed by atoms with Crippen molar-refractivity contribution in [3.63, 3.8) is 0 Å². The van der Waals surface area contributed by atoms with Gasteiger partial charge in [0, 0.05) is 0 Å². The third-order valence-corrected chi connectivity index (χ3v) is 12.6. The first kappa shape index (κ1) is 35.6. The fraction of sp³-hybridized carbons (Fsp3) is 0.486. The molecule has 0 aliphatic heterocycles. The lowest BCUT2D eigenvalue weighted by Gasteiger charge is -2.39. The maximum Gasteiger partial charge on any atom is 0.192 e. The third-order valence-electron chi connectivity index (χ3n) is 8.10. The van der Waals surface area contributed by atoms with Gasteiger partial charge in [-0.15, -0.1) is 0 Å². The van der Waals surface area contributed by atoms with Gasteiger partial charge in [-0.25, -0.2) is 0 Å². The number of aliphatic hydroxyl groups is 1. The summed E-state index contributed by atoms with van der Waals surface area (Å²) in [5, 5.41) is 11.5. The Kier molecular flexibility index (Phi) is 13.7. The van der Waals surface area contributed by atoms with E-state index in [-0.39, 0.29) is 24.9 Å². The van der Waals surface area contributed by atoms with Crippen LogP contribution in [0.25, 0.3) is 0 Å². The lowest BCUT2D eigenvalue weighted by Crippen LogP contribution is -2.49. The monoisotopic (exact) mass is 626 g/mol. The van der Waals surface area contributed by atoms with Crippen LogP contribution in [-0.4, -0.2) is 66.3 Å². The van der Waals surface area contributed by atoms with Crippen LogP contribution in [0, 0.1) is 0 Å². The molecule has 0 fully saturated rings. The van der Waals surface area contributed by atoms with E-state index in [2.05, 4.69) is 33.9 Å². The highest BCUT2D eigenvalue weighted by Gasteiger charge is 2.39. The Morgan fingerprint density at radius 2 is 1.02 bits per heavy atom. The van der Waals surface area contributed by atoms with Crippen LogP contribution < -0.4 is 14.2 Å². The Labute approximate surface area is 264 Å². The first-order valence-corrected chi connectivity index (χ1v) is 17.9. The smallest absolute Gasteiger partial charge is 0.192 e. The zero-order chi connectivity index (χ0) is 32.2. The molecule has 3 atom stereocenters. The van der Waals surface area contributed by atoms with Crippen LogP contribution in [0.1, 0.15) is 37.5 Å². The maximum absolute atomic E-state index is 11.5. The lowest BCUT2D eigenvalue weighted by molar-refractivity contribution is -0.156. The van der Waals surface area contributed by atoms with Gasteiger partial charge in [0.1, 0.15) is 35.6 Å². The Hall–Kier alpha value is -2.92. The van der Waals surface area contributed by atoms with Gasteiger partial charge in [0.05, 0.1) is 54.4 Å². The number of aliphatic hydroxyl groups excluding tert-OH is 1. The largest absolute Gasteiger partial charge is 0.497 e. The normalized spacial score (nSPS) is 14.1. The van der Waals surface area contributed by atoms with E-state index in [1.54, 1.807) is 21.3 Å². The van der Waals surface area contributed by atoms with E-state index in [1.165, 1.54) is 0 Å². The SMILES string of the molecule is COc1ccc(COC[C@H](O)[C@@H](OCc2ccc(OC)cc2)[C@@H](CO[Si](C)(C)C(C)(C)C)OCc2ccc(OC)cc2)cc1. The maximum atomic E-state index is 11.5. The molecular formula is C35H50O8Si. The first-order chi connectivity index (χ1) is 21.0. The quantitative estimate of drug-likeness (QED) is 0.155. The predicted octanol–water partition coefficient (Wildman–Crippen LogP) is 6.78. The zero-order valence-electron chi connectivity index (χ0n) is 27.5. The molecule has 0 spiro atoms. The van der Waals surface area contributed by atoms with Gasteiger partial charge < -0.3 is 38.0 Å². The molecule has 9 heteroatoms. The Balaban J connectivity index is 1.81. The van der Waals surface area contributed by atoms with Crippen molar-refractivity contribution in [1.82, 2.24) is 0 Å².